The normalized spacial score (nSPS) is 28.1. The highest BCUT2D eigenvalue weighted by molar-refractivity contribution is 7.96. The van der Waals surface area contributed by atoms with Crippen LogP contribution in [0.2, 0.25) is 0 Å². The lowest BCUT2D eigenvalue weighted by molar-refractivity contribution is -0.138. The Morgan fingerprint density at radius 3 is 2.96 bits per heavy atom. The third kappa shape index (κ3) is 3.99. The van der Waals surface area contributed by atoms with Crippen LogP contribution in [0.4, 0.5) is 5.82 Å². The Morgan fingerprint density at radius 2 is 2.22 bits per heavy atom. The van der Waals surface area contributed by atoms with Crippen molar-refractivity contribution in [2.45, 2.75) is 37.0 Å². The number of nitrogens with zero attached hydrogens (tertiary/aromatic N) is 4. The van der Waals surface area contributed by atoms with Gasteiger partial charge in [-0.15, -0.1) is 0 Å². The molecule has 1 aliphatic rings. The molecule has 1 unspecified atom stereocenters. The fraction of sp³-hybridized carbons (Fsp3) is 0.600. The van der Waals surface area contributed by atoms with Gasteiger partial charge in [-0.2, -0.15) is 0 Å². The highest BCUT2D eigenvalue weighted by atomic mass is 32.2. The molecule has 6 atom stereocenters. The fourth-order valence-corrected chi connectivity index (χ4v) is 4.62. The Labute approximate surface area is 159 Å². The zero-order chi connectivity index (χ0) is 20.4. The maximum atomic E-state index is 11.2. The molecular formula is C15H23N6O5S+. The molecule has 11 nitrogen and oxygen atoms in total. The van der Waals surface area contributed by atoms with Gasteiger partial charge < -0.3 is 31.5 Å². The van der Waals surface area contributed by atoms with E-state index >= 15 is 0 Å². The van der Waals surface area contributed by atoms with E-state index in [1.54, 1.807) is 0 Å². The topological polar surface area (TPSA) is 183 Å². The summed E-state index contributed by atoms with van der Waals surface area (Å²) in [7, 11) is -0.243. The number of nitrogens with two attached hydrogens (primary N) is 2. The summed E-state index contributed by atoms with van der Waals surface area (Å²) in [6.45, 7) is 0. The van der Waals surface area contributed by atoms with Crippen LogP contribution in [0.25, 0.3) is 12.6 Å². The fourth-order valence-electron chi connectivity index (χ4n) is 2.96. The zero-order valence-corrected chi connectivity index (χ0v) is 15.5. The van der Waals surface area contributed by atoms with Crippen LogP contribution in [0.3, 0.4) is 0 Å². The molecule has 1 saturated heterocycles. The summed E-state index contributed by atoms with van der Waals surface area (Å²) in [6.07, 6.45) is 1.31. The van der Waals surface area contributed by atoms with Crippen molar-refractivity contribution in [3.63, 3.8) is 0 Å². The number of carboxylic acid groups (broad SMARTS) is 1. The number of aliphatic hydroxyl groups excluding tert-OH is 2. The number of ether oxygens (including phenoxy) is 1. The summed E-state index contributed by atoms with van der Waals surface area (Å²) in [5, 5.41) is 24.8. The number of anilines is 1. The Balaban J connectivity index is 1.65. The first kappa shape index (κ1) is 18.4. The summed E-state index contributed by atoms with van der Waals surface area (Å²) in [4.78, 5) is 23.4. The van der Waals surface area contributed by atoms with Gasteiger partial charge in [0.15, 0.2) is 17.7 Å². The summed E-state index contributed by atoms with van der Waals surface area (Å²) < 4.78 is 14.0. The summed E-state index contributed by atoms with van der Waals surface area (Å²) in [5.41, 5.74) is 12.2. The molecule has 0 bridgehead atoms. The summed E-state index contributed by atoms with van der Waals surface area (Å²) >= 11 is 0. The number of aliphatic hydroxyl groups is 2. The van der Waals surface area contributed by atoms with E-state index in [0.717, 1.165) is 0 Å². The number of fused-ring (bicyclic) bond motifs is 1. The van der Waals surface area contributed by atoms with E-state index in [1.807, 2.05) is 6.26 Å². The number of aliphatic carboxylic acids is 1. The minimum Gasteiger partial charge on any atom is -0.480 e. The molecule has 2 aromatic rings. The largest absolute Gasteiger partial charge is 0.480 e. The van der Waals surface area contributed by atoms with Crippen LogP contribution in [0.1, 0.15) is 12.6 Å². The summed E-state index contributed by atoms with van der Waals surface area (Å²) in [5.74, 6) is 0.506. The van der Waals surface area contributed by atoms with Gasteiger partial charge in [-0.25, -0.2) is 15.0 Å². The Bertz CT molecular complexity index is 840. The van der Waals surface area contributed by atoms with E-state index < -0.39 is 36.6 Å². The third-order valence-electron chi connectivity index (χ3n) is 4.53. The molecule has 0 aromatic carbocycles. The van der Waals surface area contributed by atoms with Gasteiger partial charge in [-0.3, -0.25) is 9.36 Å². The molecule has 148 valence electrons. The average molecular weight is 400 g/mol. The molecular weight excluding hydrogens is 376 g/mol. The number of hydrogen-bond donors (Lipinski definition) is 5. The van der Waals surface area contributed by atoms with E-state index in [9.17, 15) is 15.0 Å². The minimum atomic E-state index is -1.17. The van der Waals surface area contributed by atoms with Crippen LogP contribution in [0.5, 0.6) is 0 Å². The van der Waals surface area contributed by atoms with Crippen LogP contribution in [0.15, 0.2) is 12.7 Å². The molecule has 3 rings (SSSR count). The Morgan fingerprint density at radius 1 is 1.44 bits per heavy atom. The van der Waals surface area contributed by atoms with Crippen molar-refractivity contribution < 1.29 is 24.9 Å². The van der Waals surface area contributed by atoms with Crippen LogP contribution in [0, 0.1) is 0 Å². The predicted molar refractivity (Wildman–Crippen MR) is 98.9 cm³/mol. The second-order valence-corrected chi connectivity index (χ2v) is 8.80. The van der Waals surface area contributed by atoms with E-state index in [2.05, 4.69) is 20.1 Å². The number of carbonyl (C=O) groups is 1. The number of hydrogen-bond acceptors (Lipinski definition) is 10. The predicted octanol–water partition coefficient (Wildman–Crippen LogP) is -1.92. The van der Waals surface area contributed by atoms with E-state index in [4.69, 9.17) is 17.6 Å². The lowest BCUT2D eigenvalue weighted by atomic mass is 10.1. The van der Waals surface area contributed by atoms with Crippen molar-refractivity contribution in [2.24, 2.45) is 5.73 Å². The zero-order valence-electron chi connectivity index (χ0n) is 15.6. The van der Waals surface area contributed by atoms with Crippen molar-refractivity contribution in [1.82, 2.24) is 19.5 Å². The molecule has 12 heteroatoms. The van der Waals surface area contributed by atoms with Gasteiger partial charge in [0.05, 0.1) is 12.6 Å². The van der Waals surface area contributed by atoms with Gasteiger partial charge in [0.25, 0.3) is 1.43 Å². The SMILES string of the molecule is [2H]OC(=O)[C@@H](N)CC[S+](C)C[C@H]1O[C@@H](n2cnc3c(N)ncnc32)[C@H](O)[C@@H]1O. The second kappa shape index (κ2) is 7.94. The maximum absolute atomic E-state index is 11.2. The van der Waals surface area contributed by atoms with Crippen LogP contribution in [-0.4, -0.2) is 82.9 Å². The molecule has 27 heavy (non-hydrogen) atoms. The summed E-state index contributed by atoms with van der Waals surface area (Å²) in [6, 6.07) is -0.859. The van der Waals surface area contributed by atoms with Crippen LogP contribution >= 0.6 is 0 Å². The number of imidazole rings is 1. The molecule has 1 fully saturated rings. The molecule has 2 aromatic heterocycles. The van der Waals surface area contributed by atoms with E-state index in [1.165, 1.54) is 17.2 Å². The molecule has 0 radical (unpaired) electrons. The molecule has 0 aliphatic carbocycles. The van der Waals surface area contributed by atoms with Crippen molar-refractivity contribution in [3.05, 3.63) is 12.7 Å². The Hall–Kier alpha value is -1.99. The van der Waals surface area contributed by atoms with Gasteiger partial charge >= 0.3 is 5.97 Å². The third-order valence-corrected chi connectivity index (χ3v) is 6.36. The minimum absolute atomic E-state index is 0.214. The molecule has 0 saturated carbocycles. The van der Waals surface area contributed by atoms with Crippen molar-refractivity contribution in [1.29, 1.82) is 1.43 Å². The maximum Gasteiger partial charge on any atom is 0.320 e. The number of nitrogen functional groups attached to an aromatic ring is 1. The average Bonchev–Trinajstić information content (AvgIpc) is 3.23. The van der Waals surface area contributed by atoms with Gasteiger partial charge in [0, 0.05) is 6.42 Å². The van der Waals surface area contributed by atoms with Gasteiger partial charge in [0.2, 0.25) is 0 Å². The monoisotopic (exact) mass is 400 g/mol. The first-order valence-corrected chi connectivity index (χ1v) is 10.3. The van der Waals surface area contributed by atoms with E-state index in [-0.39, 0.29) is 16.7 Å². The van der Waals surface area contributed by atoms with Gasteiger partial charge in [0.1, 0.15) is 47.7 Å². The lowest BCUT2D eigenvalue weighted by Gasteiger charge is -2.16. The highest BCUT2D eigenvalue weighted by Gasteiger charge is 2.46. The molecule has 0 amide bonds. The Kier molecular flexibility index (Phi) is 5.41. The molecule has 1 aliphatic heterocycles. The number of aromatic nitrogens is 4. The van der Waals surface area contributed by atoms with Crippen LogP contribution < -0.4 is 11.5 Å². The molecule has 3 heterocycles. The first-order chi connectivity index (χ1) is 13.3. The highest BCUT2D eigenvalue weighted by Crippen LogP contribution is 2.32. The van der Waals surface area contributed by atoms with E-state index in [0.29, 0.717) is 29.1 Å². The standard InChI is InChI=1S/C15H22N6O5S/c1-27(3-2-7(16)15(24)25)4-8-10(22)11(23)14(26-8)21-6-20-9-12(17)18-5-19-13(9)21/h5-8,10-11,14,22-23H,2-4,16H2,1H3,(H2-,17,18,19,24,25)/p+1/t7-,8+,10+,11+,14+,27?/m0/s1/i/hD. The lowest BCUT2D eigenvalue weighted by Crippen LogP contribution is -2.37. The van der Waals surface area contributed by atoms with Gasteiger partial charge in [-0.05, 0) is 10.9 Å². The first-order valence-electron chi connectivity index (χ1n) is 8.70. The van der Waals surface area contributed by atoms with Crippen molar-refractivity contribution >= 4 is 33.8 Å². The second-order valence-electron chi connectivity index (χ2n) is 6.50. The number of rotatable bonds is 7. The molecule has 0 spiro atoms. The van der Waals surface area contributed by atoms with Gasteiger partial charge in [-0.1, -0.05) is 0 Å². The quantitative estimate of drug-likeness (QED) is 0.328. The van der Waals surface area contributed by atoms with Crippen LogP contribution in [-0.2, 0) is 20.4 Å². The van der Waals surface area contributed by atoms with Crippen molar-refractivity contribution in [2.75, 3.05) is 23.5 Å². The molecule has 7 N–H and O–H groups in total. The smallest absolute Gasteiger partial charge is 0.320 e. The number of carboxylic acids is 1. The van der Waals surface area contributed by atoms with Crippen molar-refractivity contribution in [3.8, 4) is 0 Å².